The number of phenolic OH excluding ortho intramolecular Hbond substituents is 1. The molecule has 6 heteroatoms. The van der Waals surface area contributed by atoms with Crippen molar-refractivity contribution < 1.29 is 26.0 Å². The number of aromatic hydroxyl groups is 1. The molecule has 1 N–H and O–H groups in total. The Labute approximate surface area is 105 Å². The molecule has 0 bridgehead atoms. The van der Waals surface area contributed by atoms with Crippen molar-refractivity contribution in [3.63, 3.8) is 0 Å². The SMILES string of the molecule is Cc1cccc(/C=N/P)c1O.[Cl][Zr][Cl]. The second-order valence-electron chi connectivity index (χ2n) is 2.36. The Morgan fingerprint density at radius 3 is 2.57 bits per heavy atom. The molecule has 1 atom stereocenters. The molecule has 0 aromatic heterocycles. The number of rotatable bonds is 1. The van der Waals surface area contributed by atoms with E-state index in [0.29, 0.717) is 5.75 Å². The average Bonchev–Trinajstić information content (AvgIpc) is 2.15. The Balaban J connectivity index is 0.000000500. The predicted octanol–water partition coefficient (Wildman–Crippen LogP) is 3.29. The van der Waals surface area contributed by atoms with Crippen molar-refractivity contribution in [2.24, 2.45) is 4.76 Å². The molecule has 76 valence electrons. The molecule has 0 saturated carbocycles. The first-order valence-electron chi connectivity index (χ1n) is 3.65. The van der Waals surface area contributed by atoms with Crippen LogP contribution in [0.15, 0.2) is 23.0 Å². The van der Waals surface area contributed by atoms with Crippen LogP contribution in [-0.4, -0.2) is 11.3 Å². The van der Waals surface area contributed by atoms with Gasteiger partial charge in [0.25, 0.3) is 0 Å². The summed E-state index contributed by atoms with van der Waals surface area (Å²) < 4.78 is 3.74. The van der Waals surface area contributed by atoms with Crippen LogP contribution in [-0.2, 0) is 20.8 Å². The Kier molecular flexibility index (Phi) is 9.23. The van der Waals surface area contributed by atoms with Gasteiger partial charge in [-0.05, 0) is 27.9 Å². The van der Waals surface area contributed by atoms with Gasteiger partial charge in [-0.1, -0.05) is 12.1 Å². The van der Waals surface area contributed by atoms with Crippen molar-refractivity contribution in [1.29, 1.82) is 0 Å². The number of phenols is 1. The summed E-state index contributed by atoms with van der Waals surface area (Å²) in [5, 5.41) is 9.43. The molecule has 0 aliphatic rings. The third-order valence-electron chi connectivity index (χ3n) is 1.48. The molecule has 0 spiro atoms. The van der Waals surface area contributed by atoms with Gasteiger partial charge in [0, 0.05) is 11.8 Å². The second-order valence-corrected chi connectivity index (χ2v) is 6.39. The molecule has 1 rings (SSSR count). The van der Waals surface area contributed by atoms with E-state index in [1.807, 2.05) is 25.1 Å². The Morgan fingerprint density at radius 2 is 2.07 bits per heavy atom. The zero-order valence-electron chi connectivity index (χ0n) is 7.54. The summed E-state index contributed by atoms with van der Waals surface area (Å²) in [5.41, 5.74) is 1.62. The van der Waals surface area contributed by atoms with E-state index in [2.05, 4.69) is 14.2 Å². The van der Waals surface area contributed by atoms with Gasteiger partial charge in [-0.15, -0.1) is 0 Å². The van der Waals surface area contributed by atoms with Gasteiger partial charge in [0.2, 0.25) is 0 Å². The van der Waals surface area contributed by atoms with Gasteiger partial charge < -0.3 is 5.11 Å². The molecule has 14 heavy (non-hydrogen) atoms. The quantitative estimate of drug-likeness (QED) is 0.622. The predicted molar refractivity (Wildman–Crippen MR) is 61.9 cm³/mol. The van der Waals surface area contributed by atoms with E-state index in [-0.39, 0.29) is 0 Å². The molecule has 1 aromatic carbocycles. The third-order valence-corrected chi connectivity index (χ3v) is 1.63. The van der Waals surface area contributed by atoms with E-state index < -0.39 is 20.8 Å². The van der Waals surface area contributed by atoms with Crippen LogP contribution in [0.4, 0.5) is 0 Å². The zero-order chi connectivity index (χ0) is 11.0. The van der Waals surface area contributed by atoms with E-state index in [0.717, 1.165) is 11.1 Å². The molecule has 2 nitrogen and oxygen atoms in total. The molecule has 0 fully saturated rings. The standard InChI is InChI=1S/C8H10NOP.2ClH.Zr/c1-6-3-2-4-7(5-9-11)8(6)10;;;/h2-5,10H,11H2,1H3;2*1H;/q;;;+2/p-2/b9-5+;;;. The van der Waals surface area contributed by atoms with Crippen molar-refractivity contribution in [3.8, 4) is 5.75 Å². The fraction of sp³-hybridized carbons (Fsp3) is 0.125. The van der Waals surface area contributed by atoms with Crippen molar-refractivity contribution in [2.45, 2.75) is 6.92 Å². The van der Waals surface area contributed by atoms with Crippen LogP contribution in [0, 0.1) is 6.92 Å². The fourth-order valence-electron chi connectivity index (χ4n) is 0.866. The van der Waals surface area contributed by atoms with Crippen molar-refractivity contribution in [1.82, 2.24) is 0 Å². The first-order valence-corrected chi connectivity index (χ1v) is 10.5. The van der Waals surface area contributed by atoms with Crippen molar-refractivity contribution in [2.75, 3.05) is 0 Å². The second kappa shape index (κ2) is 8.86. The van der Waals surface area contributed by atoms with Gasteiger partial charge in [0.05, 0.1) is 0 Å². The monoisotopic (exact) mass is 327 g/mol. The summed E-state index contributed by atoms with van der Waals surface area (Å²) in [6.07, 6.45) is 1.60. The van der Waals surface area contributed by atoms with Crippen LogP contribution in [0.25, 0.3) is 0 Å². The number of para-hydroxylation sites is 1. The van der Waals surface area contributed by atoms with Gasteiger partial charge in [-0.2, -0.15) is 0 Å². The summed E-state index contributed by atoms with van der Waals surface area (Å²) >= 11 is -0.826. The third kappa shape index (κ3) is 5.46. The number of nitrogens with zero attached hydrogens (tertiary/aromatic N) is 1. The summed E-state index contributed by atoms with van der Waals surface area (Å²) in [7, 11) is 12.1. The Bertz CT molecular complexity index is 309. The first-order chi connectivity index (χ1) is 6.67. The minimum atomic E-state index is -0.826. The molecule has 0 aliphatic carbocycles. The van der Waals surface area contributed by atoms with Crippen LogP contribution < -0.4 is 0 Å². The summed E-state index contributed by atoms with van der Waals surface area (Å²) in [4.78, 5) is 0. The van der Waals surface area contributed by atoms with Gasteiger partial charge in [0.1, 0.15) is 5.75 Å². The van der Waals surface area contributed by atoms with E-state index >= 15 is 0 Å². The minimum absolute atomic E-state index is 0.304. The summed E-state index contributed by atoms with van der Waals surface area (Å²) in [5.74, 6) is 0.304. The number of halogens is 2. The molecule has 0 aliphatic heterocycles. The van der Waals surface area contributed by atoms with E-state index in [1.54, 1.807) is 6.21 Å². The maximum atomic E-state index is 9.43. The van der Waals surface area contributed by atoms with Gasteiger partial charge in [0.15, 0.2) is 0 Å². The molecule has 0 amide bonds. The summed E-state index contributed by atoms with van der Waals surface area (Å²) in [6, 6.07) is 5.56. The zero-order valence-corrected chi connectivity index (χ0v) is 12.7. The normalized spacial score (nSPS) is 9.43. The fourth-order valence-corrected chi connectivity index (χ4v) is 1.03. The van der Waals surface area contributed by atoms with Crippen molar-refractivity contribution in [3.05, 3.63) is 29.3 Å². The van der Waals surface area contributed by atoms with Gasteiger partial charge in [-0.3, -0.25) is 4.76 Å². The topological polar surface area (TPSA) is 32.6 Å². The molecular formula is C8H10Cl2NOPZr. The number of hydrogen-bond donors (Lipinski definition) is 1. The molecule has 0 radical (unpaired) electrons. The van der Waals surface area contributed by atoms with Crippen LogP contribution in [0.5, 0.6) is 5.75 Å². The van der Waals surface area contributed by atoms with Gasteiger partial charge >= 0.3 is 37.9 Å². The van der Waals surface area contributed by atoms with Gasteiger partial charge in [-0.25, -0.2) is 0 Å². The number of aryl methyl sites for hydroxylation is 1. The first kappa shape index (κ1) is 14.6. The molecule has 1 aromatic rings. The van der Waals surface area contributed by atoms with Crippen LogP contribution in [0.3, 0.4) is 0 Å². The maximum absolute atomic E-state index is 9.43. The Morgan fingerprint density at radius 1 is 1.50 bits per heavy atom. The van der Waals surface area contributed by atoms with E-state index in [4.69, 9.17) is 17.0 Å². The number of hydrogen-bond acceptors (Lipinski definition) is 2. The van der Waals surface area contributed by atoms with Crippen LogP contribution in [0.1, 0.15) is 11.1 Å². The van der Waals surface area contributed by atoms with Crippen LogP contribution >= 0.6 is 26.4 Å². The van der Waals surface area contributed by atoms with Crippen molar-refractivity contribution >= 4 is 32.6 Å². The summed E-state index contributed by atoms with van der Waals surface area (Å²) in [6.45, 7) is 1.86. The van der Waals surface area contributed by atoms with E-state index in [9.17, 15) is 5.11 Å². The van der Waals surface area contributed by atoms with Crippen LogP contribution in [0.2, 0.25) is 0 Å². The molecular weight excluding hydrogens is 319 g/mol. The molecule has 0 heterocycles. The number of benzene rings is 1. The molecule has 1 unspecified atom stereocenters. The average molecular weight is 329 g/mol. The van der Waals surface area contributed by atoms with E-state index in [1.165, 1.54) is 0 Å². The molecule has 0 saturated heterocycles. The Hall–Kier alpha value is 0.583.